The largest absolute Gasteiger partial charge is 0.492 e. The number of hydrogen-bond donors (Lipinski definition) is 2. The molecule has 0 aliphatic heterocycles. The summed E-state index contributed by atoms with van der Waals surface area (Å²) < 4.78 is 5.59. The van der Waals surface area contributed by atoms with Gasteiger partial charge in [-0.05, 0) is 30.2 Å². The summed E-state index contributed by atoms with van der Waals surface area (Å²) in [5.41, 5.74) is 9.03. The number of benzene rings is 2. The zero-order valence-corrected chi connectivity index (χ0v) is 11.2. The molecule has 100 valence electrons. The van der Waals surface area contributed by atoms with Crippen molar-refractivity contribution >= 4 is 5.69 Å². The molecule has 0 aliphatic rings. The summed E-state index contributed by atoms with van der Waals surface area (Å²) in [7, 11) is 0. The molecule has 0 spiro atoms. The highest BCUT2D eigenvalue weighted by atomic mass is 16.5. The van der Waals surface area contributed by atoms with E-state index in [-0.39, 0.29) is 0 Å². The maximum atomic E-state index is 5.65. The van der Waals surface area contributed by atoms with Crippen LogP contribution >= 0.6 is 0 Å². The Balaban J connectivity index is 2.05. The van der Waals surface area contributed by atoms with Gasteiger partial charge in [0, 0.05) is 13.1 Å². The zero-order chi connectivity index (χ0) is 13.5. The normalized spacial score (nSPS) is 10.2. The monoisotopic (exact) mass is 256 g/mol. The van der Waals surface area contributed by atoms with Crippen LogP contribution in [-0.4, -0.2) is 6.61 Å². The Morgan fingerprint density at radius 2 is 1.84 bits per heavy atom. The highest BCUT2D eigenvalue weighted by Crippen LogP contribution is 2.24. The van der Waals surface area contributed by atoms with Crippen LogP contribution in [-0.2, 0) is 13.1 Å². The number of rotatable bonds is 6. The van der Waals surface area contributed by atoms with Crippen LogP contribution in [0, 0.1) is 0 Å². The maximum absolute atomic E-state index is 5.65. The van der Waals surface area contributed by atoms with E-state index in [1.54, 1.807) is 0 Å². The zero-order valence-electron chi connectivity index (χ0n) is 11.2. The van der Waals surface area contributed by atoms with Gasteiger partial charge in [0.05, 0.1) is 12.3 Å². The predicted octanol–water partition coefficient (Wildman–Crippen LogP) is 3.16. The molecule has 0 amide bonds. The highest BCUT2D eigenvalue weighted by Gasteiger charge is 2.02. The molecule has 0 unspecified atom stereocenters. The van der Waals surface area contributed by atoms with Gasteiger partial charge in [-0.25, -0.2) is 0 Å². The van der Waals surface area contributed by atoms with Crippen LogP contribution in [0.5, 0.6) is 5.75 Å². The summed E-state index contributed by atoms with van der Waals surface area (Å²) in [5, 5.41) is 3.40. The molecule has 0 aliphatic carbocycles. The van der Waals surface area contributed by atoms with Crippen molar-refractivity contribution in [3.63, 3.8) is 0 Å². The Morgan fingerprint density at radius 3 is 2.63 bits per heavy atom. The number of hydrogen-bond acceptors (Lipinski definition) is 3. The lowest BCUT2D eigenvalue weighted by Gasteiger charge is -2.12. The maximum Gasteiger partial charge on any atom is 0.142 e. The van der Waals surface area contributed by atoms with Gasteiger partial charge in [0.25, 0.3) is 0 Å². The van der Waals surface area contributed by atoms with Gasteiger partial charge in [0.15, 0.2) is 0 Å². The van der Waals surface area contributed by atoms with Gasteiger partial charge in [-0.2, -0.15) is 0 Å². The third kappa shape index (κ3) is 3.73. The van der Waals surface area contributed by atoms with Gasteiger partial charge < -0.3 is 15.8 Å². The second-order valence-corrected chi connectivity index (χ2v) is 4.31. The smallest absolute Gasteiger partial charge is 0.142 e. The molecule has 0 atom stereocenters. The van der Waals surface area contributed by atoms with Crippen LogP contribution in [0.3, 0.4) is 0 Å². The fourth-order valence-electron chi connectivity index (χ4n) is 1.96. The molecular formula is C16H20N2O. The number of nitrogens with two attached hydrogens (primary N) is 1. The summed E-state index contributed by atoms with van der Waals surface area (Å²) >= 11 is 0. The quantitative estimate of drug-likeness (QED) is 0.834. The molecule has 0 fully saturated rings. The van der Waals surface area contributed by atoms with Crippen molar-refractivity contribution in [3.05, 3.63) is 59.7 Å². The lowest BCUT2D eigenvalue weighted by molar-refractivity contribution is 0.341. The van der Waals surface area contributed by atoms with Gasteiger partial charge >= 0.3 is 0 Å². The number of anilines is 1. The Kier molecular flexibility index (Phi) is 4.81. The van der Waals surface area contributed by atoms with Gasteiger partial charge in [-0.1, -0.05) is 36.4 Å². The van der Waals surface area contributed by atoms with E-state index in [1.807, 2.05) is 43.3 Å². The van der Waals surface area contributed by atoms with Gasteiger partial charge in [-0.3, -0.25) is 0 Å². The molecule has 3 heteroatoms. The molecule has 2 rings (SSSR count). The van der Waals surface area contributed by atoms with Crippen molar-refractivity contribution in [1.29, 1.82) is 0 Å². The van der Waals surface area contributed by atoms with E-state index in [2.05, 4.69) is 17.4 Å². The lowest BCUT2D eigenvalue weighted by Crippen LogP contribution is -2.04. The van der Waals surface area contributed by atoms with Crippen molar-refractivity contribution in [2.45, 2.75) is 20.0 Å². The van der Waals surface area contributed by atoms with Crippen molar-refractivity contribution in [2.24, 2.45) is 5.73 Å². The lowest BCUT2D eigenvalue weighted by atomic mass is 10.1. The first kappa shape index (κ1) is 13.4. The van der Waals surface area contributed by atoms with Crippen molar-refractivity contribution in [3.8, 4) is 5.75 Å². The van der Waals surface area contributed by atoms with E-state index in [0.717, 1.165) is 23.5 Å². The summed E-state index contributed by atoms with van der Waals surface area (Å²) in [6, 6.07) is 16.3. The van der Waals surface area contributed by atoms with Crippen LogP contribution in [0.15, 0.2) is 48.5 Å². The van der Waals surface area contributed by atoms with Gasteiger partial charge in [0.1, 0.15) is 5.75 Å². The fourth-order valence-corrected chi connectivity index (χ4v) is 1.96. The van der Waals surface area contributed by atoms with Crippen molar-refractivity contribution < 1.29 is 4.74 Å². The first-order valence-corrected chi connectivity index (χ1v) is 6.57. The number of para-hydroxylation sites is 2. The summed E-state index contributed by atoms with van der Waals surface area (Å²) in [6.07, 6.45) is 0. The molecule has 3 N–H and O–H groups in total. The standard InChI is InChI=1S/C16H20N2O/c1-2-19-16-9-4-3-8-15(16)18-12-14-7-5-6-13(10-14)11-17/h3-10,18H,2,11-12,17H2,1H3. The average Bonchev–Trinajstić information content (AvgIpc) is 2.47. The molecule has 0 heterocycles. The summed E-state index contributed by atoms with van der Waals surface area (Å²) in [5.74, 6) is 0.889. The molecule has 2 aromatic carbocycles. The number of ether oxygens (including phenoxy) is 1. The van der Waals surface area contributed by atoms with E-state index in [9.17, 15) is 0 Å². The van der Waals surface area contributed by atoms with E-state index < -0.39 is 0 Å². The van der Waals surface area contributed by atoms with Gasteiger partial charge in [-0.15, -0.1) is 0 Å². The van der Waals surface area contributed by atoms with Crippen LogP contribution in [0.2, 0.25) is 0 Å². The fraction of sp³-hybridized carbons (Fsp3) is 0.250. The Morgan fingerprint density at radius 1 is 1.05 bits per heavy atom. The van der Waals surface area contributed by atoms with Crippen molar-refractivity contribution in [2.75, 3.05) is 11.9 Å². The molecule has 19 heavy (non-hydrogen) atoms. The highest BCUT2D eigenvalue weighted by molar-refractivity contribution is 5.56. The van der Waals surface area contributed by atoms with Crippen molar-refractivity contribution in [1.82, 2.24) is 0 Å². The first-order valence-electron chi connectivity index (χ1n) is 6.57. The third-order valence-electron chi connectivity index (χ3n) is 2.90. The molecule has 0 aromatic heterocycles. The Hall–Kier alpha value is -2.00. The van der Waals surface area contributed by atoms with E-state index in [0.29, 0.717) is 13.2 Å². The Labute approximate surface area is 114 Å². The third-order valence-corrected chi connectivity index (χ3v) is 2.90. The number of nitrogens with one attached hydrogen (secondary N) is 1. The van der Waals surface area contributed by atoms with E-state index in [4.69, 9.17) is 10.5 Å². The average molecular weight is 256 g/mol. The molecule has 0 radical (unpaired) electrons. The minimum Gasteiger partial charge on any atom is -0.492 e. The topological polar surface area (TPSA) is 47.3 Å². The van der Waals surface area contributed by atoms with E-state index in [1.165, 1.54) is 5.56 Å². The molecular weight excluding hydrogens is 236 g/mol. The molecule has 0 saturated carbocycles. The van der Waals surface area contributed by atoms with Gasteiger partial charge in [0.2, 0.25) is 0 Å². The Bertz CT molecular complexity index is 526. The molecule has 3 nitrogen and oxygen atoms in total. The SMILES string of the molecule is CCOc1ccccc1NCc1cccc(CN)c1. The summed E-state index contributed by atoms with van der Waals surface area (Å²) in [4.78, 5) is 0. The second-order valence-electron chi connectivity index (χ2n) is 4.31. The summed E-state index contributed by atoms with van der Waals surface area (Å²) in [6.45, 7) is 3.99. The minimum atomic E-state index is 0.573. The molecule has 2 aromatic rings. The van der Waals surface area contributed by atoms with Crippen LogP contribution in [0.4, 0.5) is 5.69 Å². The minimum absolute atomic E-state index is 0.573. The first-order chi connectivity index (χ1) is 9.33. The predicted molar refractivity (Wildman–Crippen MR) is 79.3 cm³/mol. The van der Waals surface area contributed by atoms with Crippen LogP contribution < -0.4 is 15.8 Å². The second kappa shape index (κ2) is 6.81. The molecule has 0 saturated heterocycles. The van der Waals surface area contributed by atoms with Crippen LogP contribution in [0.1, 0.15) is 18.1 Å². The molecule has 0 bridgehead atoms. The van der Waals surface area contributed by atoms with Crippen LogP contribution in [0.25, 0.3) is 0 Å². The van der Waals surface area contributed by atoms with E-state index >= 15 is 0 Å².